The van der Waals surface area contributed by atoms with Gasteiger partial charge in [-0.15, -0.1) is 23.2 Å². The third-order valence-electron chi connectivity index (χ3n) is 3.34. The number of carboxylic acids is 1. The van der Waals surface area contributed by atoms with Crippen LogP contribution in [0.25, 0.3) is 0 Å². The smallest absolute Gasteiger partial charge is 0.304 e. The van der Waals surface area contributed by atoms with E-state index < -0.39 is 16.9 Å². The average molecular weight is 394 g/mol. The molecular weight excluding hydrogens is 373 g/mol. The van der Waals surface area contributed by atoms with Crippen molar-refractivity contribution in [2.45, 2.75) is 25.5 Å². The summed E-state index contributed by atoms with van der Waals surface area (Å²) in [5.74, 6) is -0.286. The van der Waals surface area contributed by atoms with Gasteiger partial charge in [0.1, 0.15) is 0 Å². The number of alkyl halides is 2. The van der Waals surface area contributed by atoms with Crippen LogP contribution in [0.3, 0.4) is 0 Å². The van der Waals surface area contributed by atoms with Gasteiger partial charge in [-0.05, 0) is 24.1 Å². The summed E-state index contributed by atoms with van der Waals surface area (Å²) < 4.78 is 0. The van der Waals surface area contributed by atoms with Gasteiger partial charge in [-0.3, -0.25) is 19.7 Å². The number of nitrogens with zero attached hydrogens (tertiary/aromatic N) is 2. The molecule has 10 heteroatoms. The van der Waals surface area contributed by atoms with Gasteiger partial charge < -0.3 is 10.8 Å². The average Bonchev–Trinajstić information content (AvgIpc) is 2.52. The maximum absolute atomic E-state index is 11.2. The maximum atomic E-state index is 11.2. The van der Waals surface area contributed by atoms with E-state index in [1.807, 2.05) is 0 Å². The molecule has 1 aromatic rings. The molecule has 0 unspecified atom stereocenters. The van der Waals surface area contributed by atoms with Crippen molar-refractivity contribution in [3.05, 3.63) is 39.4 Å². The van der Waals surface area contributed by atoms with Crippen LogP contribution in [0.4, 0.5) is 5.69 Å². The van der Waals surface area contributed by atoms with Crippen LogP contribution in [-0.2, 0) is 22.7 Å². The van der Waals surface area contributed by atoms with Crippen molar-refractivity contribution in [1.82, 2.24) is 5.06 Å². The van der Waals surface area contributed by atoms with Crippen molar-refractivity contribution >= 4 is 34.9 Å². The molecule has 0 amide bonds. The highest BCUT2D eigenvalue weighted by atomic mass is 35.5. The molecule has 0 aliphatic carbocycles. The summed E-state index contributed by atoms with van der Waals surface area (Å²) in [7, 11) is 0. The fourth-order valence-corrected chi connectivity index (χ4v) is 2.62. The Kier molecular flexibility index (Phi) is 9.69. The van der Waals surface area contributed by atoms with E-state index in [2.05, 4.69) is 0 Å². The molecule has 3 N–H and O–H groups in total. The van der Waals surface area contributed by atoms with Gasteiger partial charge in [-0.2, -0.15) is 5.06 Å². The number of halogens is 2. The minimum atomic E-state index is -1.05. The zero-order valence-electron chi connectivity index (χ0n) is 13.6. The van der Waals surface area contributed by atoms with Crippen LogP contribution in [0.1, 0.15) is 17.5 Å². The first-order valence-corrected chi connectivity index (χ1v) is 8.67. The molecule has 0 heterocycles. The largest absolute Gasteiger partial charge is 0.481 e. The van der Waals surface area contributed by atoms with Crippen molar-refractivity contribution in [3.63, 3.8) is 0 Å². The SMILES string of the molecule is N[C@H](CC(=O)O)Cc1cc(CON(CCCl)CCCl)ccc1[N+](=O)[O-]. The third kappa shape index (κ3) is 7.98. The highest BCUT2D eigenvalue weighted by Gasteiger charge is 2.18. The first-order valence-electron chi connectivity index (χ1n) is 7.60. The first kappa shape index (κ1) is 21.6. The van der Waals surface area contributed by atoms with Gasteiger partial charge in [-0.1, -0.05) is 0 Å². The van der Waals surface area contributed by atoms with Crippen LogP contribution in [0.15, 0.2) is 18.2 Å². The van der Waals surface area contributed by atoms with Gasteiger partial charge in [0.2, 0.25) is 0 Å². The number of nitrogens with two attached hydrogens (primary N) is 1. The minimum Gasteiger partial charge on any atom is -0.481 e. The van der Waals surface area contributed by atoms with Crippen molar-refractivity contribution in [3.8, 4) is 0 Å². The number of benzene rings is 1. The minimum absolute atomic E-state index is 0.0868. The molecule has 140 valence electrons. The number of nitro groups is 1. The molecule has 0 bridgehead atoms. The van der Waals surface area contributed by atoms with Crippen molar-refractivity contribution < 1.29 is 19.7 Å². The lowest BCUT2D eigenvalue weighted by atomic mass is 10.0. The summed E-state index contributed by atoms with van der Waals surface area (Å²) in [5, 5.41) is 21.6. The Bertz CT molecular complexity index is 582. The molecule has 25 heavy (non-hydrogen) atoms. The van der Waals surface area contributed by atoms with E-state index in [1.165, 1.54) is 6.07 Å². The van der Waals surface area contributed by atoms with E-state index in [0.29, 0.717) is 36.0 Å². The Morgan fingerprint density at radius 1 is 1.36 bits per heavy atom. The summed E-state index contributed by atoms with van der Waals surface area (Å²) >= 11 is 11.4. The Morgan fingerprint density at radius 2 is 2.00 bits per heavy atom. The maximum Gasteiger partial charge on any atom is 0.304 e. The first-order chi connectivity index (χ1) is 11.9. The van der Waals surface area contributed by atoms with E-state index in [0.717, 1.165) is 0 Å². The fraction of sp³-hybridized carbons (Fsp3) is 0.533. The Balaban J connectivity index is 2.86. The molecule has 0 aliphatic heterocycles. The highest BCUT2D eigenvalue weighted by molar-refractivity contribution is 6.18. The predicted octanol–water partition coefficient (Wildman–Crippen LogP) is 2.15. The second kappa shape index (κ2) is 11.2. The van der Waals surface area contributed by atoms with Crippen molar-refractivity contribution in [2.24, 2.45) is 5.73 Å². The molecule has 0 fully saturated rings. The van der Waals surface area contributed by atoms with Crippen LogP contribution in [0, 0.1) is 10.1 Å². The molecule has 0 aliphatic rings. The van der Waals surface area contributed by atoms with E-state index in [9.17, 15) is 14.9 Å². The van der Waals surface area contributed by atoms with Crippen LogP contribution in [0.2, 0.25) is 0 Å². The van der Waals surface area contributed by atoms with E-state index >= 15 is 0 Å². The number of hydroxylamine groups is 2. The second-order valence-corrected chi connectivity index (χ2v) is 6.12. The topological polar surface area (TPSA) is 119 Å². The van der Waals surface area contributed by atoms with Crippen LogP contribution in [0.5, 0.6) is 0 Å². The molecule has 0 saturated carbocycles. The van der Waals surface area contributed by atoms with Crippen LogP contribution in [-0.4, -0.2) is 52.0 Å². The van der Waals surface area contributed by atoms with Gasteiger partial charge in [-0.25, -0.2) is 0 Å². The number of carbonyl (C=O) groups is 1. The van der Waals surface area contributed by atoms with E-state index in [4.69, 9.17) is 38.9 Å². The summed E-state index contributed by atoms with van der Waals surface area (Å²) in [6.07, 6.45) is -0.180. The zero-order chi connectivity index (χ0) is 18.8. The van der Waals surface area contributed by atoms with Crippen molar-refractivity contribution in [2.75, 3.05) is 24.8 Å². The fourth-order valence-electron chi connectivity index (χ4n) is 2.24. The molecule has 0 radical (unpaired) electrons. The zero-order valence-corrected chi connectivity index (χ0v) is 15.1. The van der Waals surface area contributed by atoms with Crippen molar-refractivity contribution in [1.29, 1.82) is 0 Å². The molecule has 0 aromatic heterocycles. The monoisotopic (exact) mass is 393 g/mol. The predicted molar refractivity (Wildman–Crippen MR) is 94.8 cm³/mol. The van der Waals surface area contributed by atoms with Gasteiger partial charge in [0, 0.05) is 42.5 Å². The molecule has 1 atom stereocenters. The number of hydrogen-bond acceptors (Lipinski definition) is 6. The number of aliphatic carboxylic acids is 1. The summed E-state index contributed by atoms with van der Waals surface area (Å²) in [6.45, 7) is 1.18. The molecule has 0 saturated heterocycles. The van der Waals surface area contributed by atoms with Gasteiger partial charge in [0.05, 0.1) is 18.0 Å². The molecule has 0 spiro atoms. The number of hydrogen-bond donors (Lipinski definition) is 2. The van der Waals surface area contributed by atoms with Gasteiger partial charge >= 0.3 is 5.97 Å². The number of rotatable bonds is 12. The Labute approximate surface area is 155 Å². The lowest BCUT2D eigenvalue weighted by Gasteiger charge is -2.20. The summed E-state index contributed by atoms with van der Waals surface area (Å²) in [5.41, 5.74) is 6.74. The van der Waals surface area contributed by atoms with E-state index in [-0.39, 0.29) is 25.1 Å². The molecule has 1 aromatic carbocycles. The molecule has 1 rings (SSSR count). The second-order valence-electron chi connectivity index (χ2n) is 5.36. The highest BCUT2D eigenvalue weighted by Crippen LogP contribution is 2.22. The third-order valence-corrected chi connectivity index (χ3v) is 3.68. The lowest BCUT2D eigenvalue weighted by molar-refractivity contribution is -0.385. The Morgan fingerprint density at radius 3 is 2.52 bits per heavy atom. The quantitative estimate of drug-likeness (QED) is 0.317. The van der Waals surface area contributed by atoms with Crippen LogP contribution < -0.4 is 5.73 Å². The summed E-state index contributed by atoms with van der Waals surface area (Å²) in [6, 6.07) is 3.86. The number of carboxylic acid groups (broad SMARTS) is 1. The lowest BCUT2D eigenvalue weighted by Crippen LogP contribution is -2.28. The van der Waals surface area contributed by atoms with Gasteiger partial charge in [0.15, 0.2) is 0 Å². The van der Waals surface area contributed by atoms with E-state index in [1.54, 1.807) is 17.2 Å². The summed E-state index contributed by atoms with van der Waals surface area (Å²) in [4.78, 5) is 27.0. The molecule has 8 nitrogen and oxygen atoms in total. The number of nitro benzene ring substituents is 1. The van der Waals surface area contributed by atoms with Crippen LogP contribution >= 0.6 is 23.2 Å². The van der Waals surface area contributed by atoms with Gasteiger partial charge in [0.25, 0.3) is 5.69 Å². The molecular formula is C15H21Cl2N3O5. The standard InChI is InChI=1S/C15H21Cl2N3O5/c16-3-5-19(6-4-17)25-10-11-1-2-14(20(23)24)12(7-11)8-13(18)9-15(21)22/h1-2,7,13H,3-6,8-10,18H2,(H,21,22)/t13-/m0/s1. The normalized spacial score (nSPS) is 12.3. The Hall–Kier alpha value is -1.45.